The van der Waals surface area contributed by atoms with Crippen molar-refractivity contribution >= 4 is 43.3 Å². The van der Waals surface area contributed by atoms with Crippen LogP contribution in [0, 0.1) is 0 Å². The first kappa shape index (κ1) is 21.2. The van der Waals surface area contributed by atoms with Crippen molar-refractivity contribution in [3.63, 3.8) is 0 Å². The summed E-state index contributed by atoms with van der Waals surface area (Å²) < 4.78 is 1.13. The average Bonchev–Trinajstić information content (AvgIpc) is 3.25. The summed E-state index contributed by atoms with van der Waals surface area (Å²) in [5.41, 5.74) is 3.91. The molecule has 0 atom stereocenters. The number of rotatable bonds is 4. The van der Waals surface area contributed by atoms with Crippen molar-refractivity contribution in [1.82, 2.24) is 19.9 Å². The highest BCUT2D eigenvalue weighted by Gasteiger charge is 2.26. The molecule has 1 saturated heterocycles. The number of pyridine rings is 1. The van der Waals surface area contributed by atoms with E-state index in [1.807, 2.05) is 35.9 Å². The number of piperazine rings is 1. The fourth-order valence-electron chi connectivity index (χ4n) is 4.96. The van der Waals surface area contributed by atoms with Crippen LogP contribution in [0.3, 0.4) is 0 Å². The molecule has 1 aromatic carbocycles. The summed E-state index contributed by atoms with van der Waals surface area (Å²) in [6, 6.07) is 12.7. The van der Waals surface area contributed by atoms with Crippen LogP contribution in [-0.4, -0.2) is 46.0 Å². The Morgan fingerprint density at radius 3 is 2.42 bits per heavy atom. The maximum absolute atomic E-state index is 5.16. The second kappa shape index (κ2) is 9.12. The number of hydrogen-bond acceptors (Lipinski definition) is 6. The van der Waals surface area contributed by atoms with Crippen LogP contribution in [0.15, 0.2) is 53.3 Å². The highest BCUT2D eigenvalue weighted by Crippen LogP contribution is 2.41. The van der Waals surface area contributed by atoms with Crippen LogP contribution >= 0.6 is 27.3 Å². The zero-order chi connectivity index (χ0) is 22.2. The van der Waals surface area contributed by atoms with Gasteiger partial charge in [-0.2, -0.15) is 0 Å². The molecule has 168 valence electrons. The van der Waals surface area contributed by atoms with Crippen molar-refractivity contribution in [3.8, 4) is 11.4 Å². The molecule has 5 nitrogen and oxygen atoms in total. The zero-order valence-electron chi connectivity index (χ0n) is 18.5. The number of benzene rings is 1. The van der Waals surface area contributed by atoms with Gasteiger partial charge in [0.1, 0.15) is 10.6 Å². The Kier molecular flexibility index (Phi) is 5.86. The molecular formula is C26H26BrN5S. The van der Waals surface area contributed by atoms with Crippen LogP contribution in [-0.2, 0) is 19.4 Å². The van der Waals surface area contributed by atoms with E-state index in [0.717, 1.165) is 65.7 Å². The maximum atomic E-state index is 5.16. The van der Waals surface area contributed by atoms with Crippen LogP contribution in [0.25, 0.3) is 21.6 Å². The van der Waals surface area contributed by atoms with E-state index in [1.54, 1.807) is 0 Å². The van der Waals surface area contributed by atoms with Gasteiger partial charge < -0.3 is 4.90 Å². The lowest BCUT2D eigenvalue weighted by Crippen LogP contribution is -2.46. The Labute approximate surface area is 206 Å². The number of thiophene rings is 1. The third-order valence-electron chi connectivity index (χ3n) is 6.73. The van der Waals surface area contributed by atoms with Crippen LogP contribution in [0.2, 0.25) is 0 Å². The summed E-state index contributed by atoms with van der Waals surface area (Å²) in [4.78, 5) is 22.1. The Hall–Kier alpha value is -2.35. The van der Waals surface area contributed by atoms with Crippen molar-refractivity contribution < 1.29 is 0 Å². The van der Waals surface area contributed by atoms with Crippen LogP contribution in [0.1, 0.15) is 28.8 Å². The predicted molar refractivity (Wildman–Crippen MR) is 139 cm³/mol. The molecule has 0 radical (unpaired) electrons. The van der Waals surface area contributed by atoms with Gasteiger partial charge in [0.15, 0.2) is 5.82 Å². The molecule has 6 rings (SSSR count). The highest BCUT2D eigenvalue weighted by molar-refractivity contribution is 9.10. The summed E-state index contributed by atoms with van der Waals surface area (Å²) >= 11 is 5.42. The van der Waals surface area contributed by atoms with Gasteiger partial charge in [-0.3, -0.25) is 9.88 Å². The van der Waals surface area contributed by atoms with Crippen LogP contribution in [0.4, 0.5) is 5.82 Å². The third kappa shape index (κ3) is 4.29. The predicted octanol–water partition coefficient (Wildman–Crippen LogP) is 5.72. The summed E-state index contributed by atoms with van der Waals surface area (Å²) in [6.07, 6.45) is 8.54. The quantitative estimate of drug-likeness (QED) is 0.345. The smallest absolute Gasteiger partial charge is 0.163 e. The molecule has 0 amide bonds. The minimum atomic E-state index is 0.816. The van der Waals surface area contributed by atoms with E-state index in [2.05, 4.69) is 55.0 Å². The van der Waals surface area contributed by atoms with Gasteiger partial charge in [0, 0.05) is 60.0 Å². The molecule has 4 heterocycles. The number of halogens is 1. The number of aryl methyl sites for hydroxylation is 2. The van der Waals surface area contributed by atoms with Crippen molar-refractivity contribution in [2.24, 2.45) is 0 Å². The minimum Gasteiger partial charge on any atom is -0.353 e. The van der Waals surface area contributed by atoms with Crippen molar-refractivity contribution in [1.29, 1.82) is 0 Å². The number of nitrogens with zero attached hydrogens (tertiary/aromatic N) is 5. The SMILES string of the molecule is Brc1ccc(CN2CCN(c3nc(-c4ccncc4)nc4sc5c(c34)CCCC5)CC2)cc1. The van der Waals surface area contributed by atoms with Crippen LogP contribution < -0.4 is 4.90 Å². The molecule has 4 aromatic rings. The van der Waals surface area contributed by atoms with Gasteiger partial charge in [-0.15, -0.1) is 11.3 Å². The summed E-state index contributed by atoms with van der Waals surface area (Å²) in [5, 5.41) is 1.31. The van der Waals surface area contributed by atoms with E-state index in [4.69, 9.17) is 9.97 Å². The molecule has 33 heavy (non-hydrogen) atoms. The van der Waals surface area contributed by atoms with Gasteiger partial charge >= 0.3 is 0 Å². The Morgan fingerprint density at radius 1 is 0.879 bits per heavy atom. The van der Waals surface area contributed by atoms with Crippen molar-refractivity contribution in [3.05, 3.63) is 69.3 Å². The number of aromatic nitrogens is 3. The lowest BCUT2D eigenvalue weighted by molar-refractivity contribution is 0.249. The number of anilines is 1. The lowest BCUT2D eigenvalue weighted by Gasteiger charge is -2.36. The van der Waals surface area contributed by atoms with Gasteiger partial charge in [0.2, 0.25) is 0 Å². The zero-order valence-corrected chi connectivity index (χ0v) is 20.9. The normalized spacial score (nSPS) is 16.8. The number of fused-ring (bicyclic) bond motifs is 3. The molecule has 1 aliphatic carbocycles. The second-order valence-corrected chi connectivity index (χ2v) is 10.9. The maximum Gasteiger partial charge on any atom is 0.163 e. The van der Waals surface area contributed by atoms with E-state index in [1.165, 1.54) is 40.7 Å². The van der Waals surface area contributed by atoms with Gasteiger partial charge in [-0.1, -0.05) is 28.1 Å². The number of hydrogen-bond donors (Lipinski definition) is 0. The van der Waals surface area contributed by atoms with E-state index >= 15 is 0 Å². The Balaban J connectivity index is 1.31. The average molecular weight is 521 g/mol. The lowest BCUT2D eigenvalue weighted by atomic mass is 9.96. The van der Waals surface area contributed by atoms with Crippen LogP contribution in [0.5, 0.6) is 0 Å². The van der Waals surface area contributed by atoms with Crippen molar-refractivity contribution in [2.75, 3.05) is 31.1 Å². The largest absolute Gasteiger partial charge is 0.353 e. The van der Waals surface area contributed by atoms with Gasteiger partial charge in [-0.25, -0.2) is 9.97 Å². The second-order valence-electron chi connectivity index (χ2n) is 8.89. The fraction of sp³-hybridized carbons (Fsp3) is 0.346. The summed E-state index contributed by atoms with van der Waals surface area (Å²) in [7, 11) is 0. The molecular weight excluding hydrogens is 494 g/mol. The molecule has 0 N–H and O–H groups in total. The molecule has 0 saturated carbocycles. The molecule has 3 aromatic heterocycles. The Morgan fingerprint density at radius 2 is 1.64 bits per heavy atom. The molecule has 0 spiro atoms. The molecule has 0 unspecified atom stereocenters. The first-order valence-corrected chi connectivity index (χ1v) is 13.3. The van der Waals surface area contributed by atoms with E-state index in [9.17, 15) is 0 Å². The highest BCUT2D eigenvalue weighted by atomic mass is 79.9. The van der Waals surface area contributed by atoms with Crippen molar-refractivity contribution in [2.45, 2.75) is 32.2 Å². The third-order valence-corrected chi connectivity index (χ3v) is 8.44. The first-order chi connectivity index (χ1) is 16.2. The fourth-order valence-corrected chi connectivity index (χ4v) is 6.48. The van der Waals surface area contributed by atoms with E-state index in [0.29, 0.717) is 0 Å². The minimum absolute atomic E-state index is 0.816. The van der Waals surface area contributed by atoms with Gasteiger partial charge in [0.05, 0.1) is 5.39 Å². The molecule has 2 aliphatic rings. The molecule has 1 aliphatic heterocycles. The standard InChI is InChI=1S/C26H26BrN5S/c27-20-7-5-18(6-8-20)17-31-13-15-32(16-14-31)25-23-21-3-1-2-4-22(21)33-26(23)30-24(29-25)19-9-11-28-12-10-19/h5-12H,1-4,13-17H2. The Bertz CT molecular complexity index is 1260. The topological polar surface area (TPSA) is 45.2 Å². The molecule has 7 heteroatoms. The van der Waals surface area contributed by atoms with E-state index in [-0.39, 0.29) is 0 Å². The monoisotopic (exact) mass is 519 g/mol. The van der Waals surface area contributed by atoms with Gasteiger partial charge in [0.25, 0.3) is 0 Å². The molecule has 0 bridgehead atoms. The van der Waals surface area contributed by atoms with E-state index < -0.39 is 0 Å². The summed E-state index contributed by atoms with van der Waals surface area (Å²) in [5.74, 6) is 1.95. The van der Waals surface area contributed by atoms with Gasteiger partial charge in [-0.05, 0) is 61.1 Å². The first-order valence-electron chi connectivity index (χ1n) is 11.7. The summed E-state index contributed by atoms with van der Waals surface area (Å²) in [6.45, 7) is 5.06. The molecule has 1 fully saturated rings.